The van der Waals surface area contributed by atoms with E-state index in [1.165, 1.54) is 16.6 Å². The van der Waals surface area contributed by atoms with Crippen molar-refractivity contribution in [2.45, 2.75) is 13.5 Å². The van der Waals surface area contributed by atoms with Crippen molar-refractivity contribution in [2.75, 3.05) is 11.4 Å². The van der Waals surface area contributed by atoms with E-state index in [1.807, 2.05) is 18.2 Å². The molecule has 0 atom stereocenters. The van der Waals surface area contributed by atoms with Crippen LogP contribution in [0.1, 0.15) is 28.4 Å². The predicted molar refractivity (Wildman–Crippen MR) is 124 cm³/mol. The molecule has 0 aliphatic heterocycles. The average molecular weight is 425 g/mol. The number of amides is 1. The van der Waals surface area contributed by atoms with Crippen LogP contribution in [-0.4, -0.2) is 38.9 Å². The molecular formula is C24H23N7O. The second kappa shape index (κ2) is 10.1. The molecular weight excluding hydrogens is 402 g/mol. The van der Waals surface area contributed by atoms with E-state index in [0.717, 1.165) is 30.0 Å². The lowest BCUT2D eigenvalue weighted by Gasteiger charge is -2.23. The smallest absolute Gasteiger partial charge is 0.271 e. The highest BCUT2D eigenvalue weighted by Gasteiger charge is 2.06. The number of tetrazole rings is 1. The summed E-state index contributed by atoms with van der Waals surface area (Å²) >= 11 is 0. The molecule has 0 unspecified atom stereocenters. The normalized spacial score (nSPS) is 10.9. The second-order valence-electron chi connectivity index (χ2n) is 7.09. The molecule has 8 heteroatoms. The Hall–Kier alpha value is -4.33. The van der Waals surface area contributed by atoms with Crippen molar-refractivity contribution in [3.63, 3.8) is 0 Å². The Balaban J connectivity index is 1.33. The van der Waals surface area contributed by atoms with Crippen molar-refractivity contribution in [1.29, 1.82) is 0 Å². The fraction of sp³-hybridized carbons (Fsp3) is 0.125. The zero-order valence-corrected chi connectivity index (χ0v) is 17.7. The Kier molecular flexibility index (Phi) is 6.62. The number of aromatic nitrogens is 4. The largest absolute Gasteiger partial charge is 0.367 e. The van der Waals surface area contributed by atoms with Crippen LogP contribution in [-0.2, 0) is 6.54 Å². The second-order valence-corrected chi connectivity index (χ2v) is 7.09. The van der Waals surface area contributed by atoms with Gasteiger partial charge in [-0.15, -0.1) is 5.10 Å². The van der Waals surface area contributed by atoms with E-state index < -0.39 is 0 Å². The van der Waals surface area contributed by atoms with Gasteiger partial charge >= 0.3 is 0 Å². The summed E-state index contributed by atoms with van der Waals surface area (Å²) in [7, 11) is 0. The molecule has 0 bridgehead atoms. The molecule has 0 spiro atoms. The molecule has 1 aromatic heterocycles. The number of benzene rings is 3. The van der Waals surface area contributed by atoms with Crippen molar-refractivity contribution < 1.29 is 4.79 Å². The number of nitrogens with one attached hydrogen (secondary N) is 1. The number of carbonyl (C=O) groups is 1. The van der Waals surface area contributed by atoms with E-state index in [4.69, 9.17) is 0 Å². The van der Waals surface area contributed by atoms with E-state index in [9.17, 15) is 4.79 Å². The lowest BCUT2D eigenvalue weighted by molar-refractivity contribution is 0.0955. The zero-order chi connectivity index (χ0) is 22.2. The van der Waals surface area contributed by atoms with E-state index in [1.54, 1.807) is 30.5 Å². The van der Waals surface area contributed by atoms with Gasteiger partial charge in [0.15, 0.2) is 0 Å². The molecule has 0 radical (unpaired) electrons. The van der Waals surface area contributed by atoms with Gasteiger partial charge in [-0.1, -0.05) is 42.5 Å². The molecule has 3 aromatic carbocycles. The molecule has 0 saturated heterocycles. The van der Waals surface area contributed by atoms with Crippen LogP contribution in [0.25, 0.3) is 5.69 Å². The molecule has 0 saturated carbocycles. The van der Waals surface area contributed by atoms with Gasteiger partial charge in [0.25, 0.3) is 5.91 Å². The van der Waals surface area contributed by atoms with Crippen molar-refractivity contribution in [3.05, 3.63) is 102 Å². The van der Waals surface area contributed by atoms with Gasteiger partial charge in [-0.3, -0.25) is 4.79 Å². The Morgan fingerprint density at radius 1 is 1.03 bits per heavy atom. The monoisotopic (exact) mass is 425 g/mol. The summed E-state index contributed by atoms with van der Waals surface area (Å²) < 4.78 is 1.52. The van der Waals surface area contributed by atoms with Gasteiger partial charge in [0.05, 0.1) is 11.9 Å². The minimum atomic E-state index is -0.291. The number of nitrogens with zero attached hydrogens (tertiary/aromatic N) is 6. The van der Waals surface area contributed by atoms with Crippen LogP contribution in [0.3, 0.4) is 0 Å². The zero-order valence-electron chi connectivity index (χ0n) is 17.7. The molecule has 4 rings (SSSR count). The molecule has 1 heterocycles. The number of hydrazone groups is 1. The number of anilines is 1. The quantitative estimate of drug-likeness (QED) is 0.345. The summed E-state index contributed by atoms with van der Waals surface area (Å²) in [5, 5.41) is 15.1. The third-order valence-electron chi connectivity index (χ3n) is 4.98. The van der Waals surface area contributed by atoms with Crippen LogP contribution in [0.4, 0.5) is 5.69 Å². The first-order chi connectivity index (χ1) is 15.7. The number of hydrogen-bond donors (Lipinski definition) is 1. The van der Waals surface area contributed by atoms with Crippen LogP contribution in [0.15, 0.2) is 90.3 Å². The molecule has 4 aromatic rings. The predicted octanol–water partition coefficient (Wildman–Crippen LogP) is 3.45. The van der Waals surface area contributed by atoms with Crippen molar-refractivity contribution in [2.24, 2.45) is 5.10 Å². The number of rotatable bonds is 8. The minimum Gasteiger partial charge on any atom is -0.367 e. The topological polar surface area (TPSA) is 88.3 Å². The number of carbonyl (C=O) groups excluding carboxylic acids is 1. The summed E-state index contributed by atoms with van der Waals surface area (Å²) in [4.78, 5) is 14.6. The van der Waals surface area contributed by atoms with Crippen molar-refractivity contribution in [3.8, 4) is 5.69 Å². The first kappa shape index (κ1) is 20.9. The van der Waals surface area contributed by atoms with Crippen LogP contribution < -0.4 is 10.3 Å². The van der Waals surface area contributed by atoms with Gasteiger partial charge < -0.3 is 4.90 Å². The van der Waals surface area contributed by atoms with E-state index in [2.05, 4.69) is 74.3 Å². The fourth-order valence-corrected chi connectivity index (χ4v) is 3.24. The van der Waals surface area contributed by atoms with Gasteiger partial charge in [0.2, 0.25) is 0 Å². The molecule has 1 amide bonds. The van der Waals surface area contributed by atoms with Crippen LogP contribution in [0, 0.1) is 0 Å². The molecule has 160 valence electrons. The Bertz CT molecular complexity index is 1160. The van der Waals surface area contributed by atoms with Gasteiger partial charge in [0, 0.05) is 24.3 Å². The number of hydrogen-bond acceptors (Lipinski definition) is 6. The maximum atomic E-state index is 12.3. The van der Waals surface area contributed by atoms with Crippen LogP contribution in [0.2, 0.25) is 0 Å². The maximum absolute atomic E-state index is 12.3. The first-order valence-corrected chi connectivity index (χ1v) is 10.3. The van der Waals surface area contributed by atoms with Gasteiger partial charge in [-0.2, -0.15) is 5.10 Å². The third-order valence-corrected chi connectivity index (χ3v) is 4.98. The molecule has 1 N–H and O–H groups in total. The van der Waals surface area contributed by atoms with Gasteiger partial charge in [0.1, 0.15) is 6.33 Å². The van der Waals surface area contributed by atoms with E-state index in [-0.39, 0.29) is 5.91 Å². The molecule has 0 aliphatic rings. The van der Waals surface area contributed by atoms with E-state index in [0.29, 0.717) is 5.56 Å². The molecule has 32 heavy (non-hydrogen) atoms. The molecule has 0 aliphatic carbocycles. The van der Waals surface area contributed by atoms with Gasteiger partial charge in [-0.05, 0) is 64.9 Å². The standard InChI is InChI=1S/C24H23N7O/c1-2-30(17-20-6-4-3-5-7-20)22-12-8-19(9-13-22)16-25-27-24(32)21-10-14-23(15-11-21)31-18-26-28-29-31/h3-16,18H,2,17H2,1H3,(H,27,32)/b25-16+. The fourth-order valence-electron chi connectivity index (χ4n) is 3.24. The summed E-state index contributed by atoms with van der Waals surface area (Å²) in [6.07, 6.45) is 3.12. The van der Waals surface area contributed by atoms with Crippen molar-refractivity contribution >= 4 is 17.8 Å². The van der Waals surface area contributed by atoms with Crippen LogP contribution >= 0.6 is 0 Å². The SMILES string of the molecule is CCN(Cc1ccccc1)c1ccc(/C=N/NC(=O)c2ccc(-n3cnnn3)cc2)cc1. The Morgan fingerprint density at radius 3 is 2.44 bits per heavy atom. The molecule has 0 fully saturated rings. The highest BCUT2D eigenvalue weighted by Crippen LogP contribution is 2.17. The van der Waals surface area contributed by atoms with Crippen molar-refractivity contribution in [1.82, 2.24) is 25.6 Å². The summed E-state index contributed by atoms with van der Waals surface area (Å²) in [6, 6.07) is 25.4. The lowest BCUT2D eigenvalue weighted by atomic mass is 10.1. The lowest BCUT2D eigenvalue weighted by Crippen LogP contribution is -2.21. The minimum absolute atomic E-state index is 0.291. The van der Waals surface area contributed by atoms with E-state index >= 15 is 0 Å². The molecule has 8 nitrogen and oxygen atoms in total. The Labute approximate surface area is 186 Å². The third kappa shape index (κ3) is 5.23. The average Bonchev–Trinajstić information content (AvgIpc) is 3.39. The Morgan fingerprint density at radius 2 is 1.78 bits per heavy atom. The highest BCUT2D eigenvalue weighted by atomic mass is 16.2. The van der Waals surface area contributed by atoms with Gasteiger partial charge in [-0.25, -0.2) is 10.1 Å². The highest BCUT2D eigenvalue weighted by molar-refractivity contribution is 5.95. The summed E-state index contributed by atoms with van der Waals surface area (Å²) in [5.41, 5.74) is 7.13. The maximum Gasteiger partial charge on any atom is 0.271 e. The van der Waals surface area contributed by atoms with Crippen LogP contribution in [0.5, 0.6) is 0 Å². The summed E-state index contributed by atoms with van der Waals surface area (Å²) in [5.74, 6) is -0.291. The first-order valence-electron chi connectivity index (χ1n) is 10.3. The summed E-state index contributed by atoms with van der Waals surface area (Å²) in [6.45, 7) is 3.90.